The number of methoxy groups -OCH3 is 2. The van der Waals surface area contributed by atoms with Crippen LogP contribution < -0.4 is 14.2 Å². The number of carbonyl (C=O) groups is 2. The number of hydrogen-bond acceptors (Lipinski definition) is 8. The topological polar surface area (TPSA) is 100 Å². The first-order chi connectivity index (χ1) is 16.9. The number of nitrogens with zero attached hydrogens (tertiary/aromatic N) is 2. The van der Waals surface area contributed by atoms with Gasteiger partial charge in [0.05, 0.1) is 31.0 Å². The Morgan fingerprint density at radius 2 is 1.71 bits per heavy atom. The zero-order valence-corrected chi connectivity index (χ0v) is 20.3. The molecule has 1 amide bonds. The number of ether oxygens (including phenoxy) is 4. The second-order valence-corrected chi connectivity index (χ2v) is 8.23. The summed E-state index contributed by atoms with van der Waals surface area (Å²) in [7, 11) is 3.17. The molecule has 0 unspecified atom stereocenters. The average Bonchev–Trinajstić information content (AvgIpc) is 3.21. The van der Waals surface area contributed by atoms with Crippen LogP contribution in [0.5, 0.6) is 17.2 Å². The van der Waals surface area contributed by atoms with Gasteiger partial charge in [0.15, 0.2) is 18.1 Å². The molecule has 0 fully saturated rings. The average molecular weight is 481 g/mol. The van der Waals surface area contributed by atoms with Crippen LogP contribution in [-0.2, 0) is 29.1 Å². The number of benzene rings is 2. The molecule has 9 nitrogen and oxygen atoms in total. The van der Waals surface area contributed by atoms with Gasteiger partial charge >= 0.3 is 5.97 Å². The summed E-state index contributed by atoms with van der Waals surface area (Å²) in [5.74, 6) is 1.77. The van der Waals surface area contributed by atoms with Gasteiger partial charge in [-0.2, -0.15) is 0 Å². The van der Waals surface area contributed by atoms with E-state index in [0.29, 0.717) is 54.7 Å². The predicted octanol–water partition coefficient (Wildman–Crippen LogP) is 3.63. The molecule has 35 heavy (non-hydrogen) atoms. The van der Waals surface area contributed by atoms with Crippen LogP contribution in [0.25, 0.3) is 0 Å². The maximum Gasteiger partial charge on any atom is 0.338 e. The van der Waals surface area contributed by atoms with Crippen molar-refractivity contribution in [3.05, 3.63) is 70.1 Å². The molecule has 0 aliphatic carbocycles. The van der Waals surface area contributed by atoms with Gasteiger partial charge in [-0.3, -0.25) is 4.79 Å². The van der Waals surface area contributed by atoms with Crippen molar-refractivity contribution in [1.82, 2.24) is 10.1 Å². The van der Waals surface area contributed by atoms with E-state index in [1.165, 1.54) is 0 Å². The highest BCUT2D eigenvalue weighted by molar-refractivity contribution is 5.91. The van der Waals surface area contributed by atoms with E-state index in [1.807, 2.05) is 26.0 Å². The summed E-state index contributed by atoms with van der Waals surface area (Å²) >= 11 is 0. The van der Waals surface area contributed by atoms with E-state index in [1.54, 1.807) is 43.4 Å². The Balaban J connectivity index is 1.29. The molecule has 0 spiro atoms. The highest BCUT2D eigenvalue weighted by Crippen LogP contribution is 2.33. The van der Waals surface area contributed by atoms with E-state index < -0.39 is 5.97 Å². The summed E-state index contributed by atoms with van der Waals surface area (Å²) in [6.45, 7) is 4.63. The third-order valence-electron chi connectivity index (χ3n) is 6.05. The fraction of sp³-hybridized carbons (Fsp3) is 0.346. The summed E-state index contributed by atoms with van der Waals surface area (Å²) in [6.07, 6.45) is 0.685. The van der Waals surface area contributed by atoms with Gasteiger partial charge in [0.1, 0.15) is 18.1 Å². The van der Waals surface area contributed by atoms with E-state index in [-0.39, 0.29) is 12.5 Å². The molecule has 0 saturated heterocycles. The Hall–Kier alpha value is -4.01. The van der Waals surface area contributed by atoms with Crippen molar-refractivity contribution in [3.8, 4) is 17.2 Å². The van der Waals surface area contributed by atoms with Gasteiger partial charge in [-0.25, -0.2) is 4.79 Å². The molecular weight excluding hydrogens is 452 g/mol. The van der Waals surface area contributed by atoms with Crippen molar-refractivity contribution in [3.63, 3.8) is 0 Å². The van der Waals surface area contributed by atoms with Gasteiger partial charge in [0, 0.05) is 13.1 Å². The fourth-order valence-electron chi connectivity index (χ4n) is 3.95. The molecule has 2 heterocycles. The van der Waals surface area contributed by atoms with Crippen molar-refractivity contribution < 1.29 is 33.1 Å². The Bertz CT molecular complexity index is 1200. The number of fused-ring (bicyclic) bond motifs is 1. The molecule has 0 atom stereocenters. The third-order valence-corrected chi connectivity index (χ3v) is 6.05. The lowest BCUT2D eigenvalue weighted by Crippen LogP contribution is -2.38. The molecular formula is C26H28N2O7. The lowest BCUT2D eigenvalue weighted by Gasteiger charge is -2.29. The molecule has 184 valence electrons. The summed E-state index contributed by atoms with van der Waals surface area (Å²) in [5.41, 5.74) is 4.11. The SMILES string of the molecule is COc1cc2c(cc1OC)CN(C(=O)COC(=O)c1ccc(OCc3c(C)noc3C)cc1)CC2. The Kier molecular flexibility index (Phi) is 7.24. The highest BCUT2D eigenvalue weighted by Gasteiger charge is 2.24. The predicted molar refractivity (Wildman–Crippen MR) is 126 cm³/mol. The normalized spacial score (nSPS) is 12.6. The van der Waals surface area contributed by atoms with Crippen molar-refractivity contribution in [2.45, 2.75) is 33.4 Å². The van der Waals surface area contributed by atoms with Crippen molar-refractivity contribution in [2.24, 2.45) is 0 Å². The van der Waals surface area contributed by atoms with Crippen LogP contribution in [-0.4, -0.2) is 49.3 Å². The largest absolute Gasteiger partial charge is 0.493 e. The molecule has 1 aliphatic heterocycles. The van der Waals surface area contributed by atoms with Gasteiger partial charge in [-0.15, -0.1) is 0 Å². The standard InChI is InChI=1S/C26H28N2O7/c1-16-22(17(2)35-27-16)14-33-21-7-5-18(6-8-21)26(30)34-15-25(29)28-10-9-19-11-23(31-3)24(32-4)12-20(19)13-28/h5-8,11-12H,9-10,13-15H2,1-4H3. The lowest BCUT2D eigenvalue weighted by atomic mass is 9.99. The number of aryl methyl sites for hydroxylation is 2. The molecule has 0 saturated carbocycles. The minimum absolute atomic E-state index is 0.252. The summed E-state index contributed by atoms with van der Waals surface area (Å²) in [5, 5.41) is 3.90. The summed E-state index contributed by atoms with van der Waals surface area (Å²) in [4.78, 5) is 26.8. The molecule has 9 heteroatoms. The van der Waals surface area contributed by atoms with Crippen molar-refractivity contribution in [1.29, 1.82) is 0 Å². The molecule has 0 radical (unpaired) electrons. The van der Waals surface area contributed by atoms with Gasteiger partial charge in [0.2, 0.25) is 0 Å². The zero-order chi connectivity index (χ0) is 24.9. The molecule has 4 rings (SSSR count). The second-order valence-electron chi connectivity index (χ2n) is 8.23. The van der Waals surface area contributed by atoms with Crippen LogP contribution in [0.3, 0.4) is 0 Å². The second kappa shape index (κ2) is 10.5. The Morgan fingerprint density at radius 3 is 2.34 bits per heavy atom. The zero-order valence-electron chi connectivity index (χ0n) is 20.3. The number of amides is 1. The number of esters is 1. The van der Waals surface area contributed by atoms with Crippen molar-refractivity contribution in [2.75, 3.05) is 27.4 Å². The minimum Gasteiger partial charge on any atom is -0.493 e. The van der Waals surface area contributed by atoms with E-state index in [9.17, 15) is 9.59 Å². The van der Waals surface area contributed by atoms with Crippen LogP contribution in [0.4, 0.5) is 0 Å². The van der Waals surface area contributed by atoms with Gasteiger partial charge in [-0.1, -0.05) is 5.16 Å². The van der Waals surface area contributed by atoms with E-state index in [4.69, 9.17) is 23.5 Å². The van der Waals surface area contributed by atoms with Crippen LogP contribution in [0.1, 0.15) is 38.5 Å². The fourth-order valence-corrected chi connectivity index (χ4v) is 3.95. The first-order valence-corrected chi connectivity index (χ1v) is 11.2. The number of rotatable bonds is 8. The monoisotopic (exact) mass is 480 g/mol. The number of hydrogen-bond donors (Lipinski definition) is 0. The molecule has 1 aromatic heterocycles. The smallest absolute Gasteiger partial charge is 0.338 e. The van der Waals surface area contributed by atoms with E-state index >= 15 is 0 Å². The quantitative estimate of drug-likeness (QED) is 0.451. The maximum absolute atomic E-state index is 12.7. The minimum atomic E-state index is -0.570. The van der Waals surface area contributed by atoms with Gasteiger partial charge in [-0.05, 0) is 67.8 Å². The van der Waals surface area contributed by atoms with E-state index in [0.717, 1.165) is 22.4 Å². The Morgan fingerprint density at radius 1 is 1.03 bits per heavy atom. The molecule has 3 aromatic rings. The first-order valence-electron chi connectivity index (χ1n) is 11.2. The van der Waals surface area contributed by atoms with E-state index in [2.05, 4.69) is 5.16 Å². The summed E-state index contributed by atoms with van der Waals surface area (Å²) in [6, 6.07) is 10.4. The molecule has 1 aliphatic rings. The van der Waals surface area contributed by atoms with Gasteiger partial charge in [0.25, 0.3) is 5.91 Å². The highest BCUT2D eigenvalue weighted by atomic mass is 16.5. The first kappa shape index (κ1) is 24.1. The molecule has 2 aromatic carbocycles. The molecule has 0 bridgehead atoms. The van der Waals surface area contributed by atoms with Crippen LogP contribution in [0.2, 0.25) is 0 Å². The number of aromatic nitrogens is 1. The molecule has 0 N–H and O–H groups in total. The maximum atomic E-state index is 12.7. The van der Waals surface area contributed by atoms with Crippen LogP contribution in [0.15, 0.2) is 40.9 Å². The summed E-state index contributed by atoms with van der Waals surface area (Å²) < 4.78 is 26.9. The Labute approximate surface area is 203 Å². The van der Waals surface area contributed by atoms with Crippen LogP contribution in [0, 0.1) is 13.8 Å². The van der Waals surface area contributed by atoms with Crippen LogP contribution >= 0.6 is 0 Å². The van der Waals surface area contributed by atoms with Gasteiger partial charge < -0.3 is 28.4 Å². The van der Waals surface area contributed by atoms with Crippen molar-refractivity contribution >= 4 is 11.9 Å². The lowest BCUT2D eigenvalue weighted by molar-refractivity contribution is -0.135. The number of carbonyl (C=O) groups excluding carboxylic acids is 2. The third kappa shape index (κ3) is 5.40.